The molecule has 3 rings (SSSR count). The number of allylic oxidation sites excluding steroid dienone is 2. The van der Waals surface area contributed by atoms with Crippen LogP contribution in [0.15, 0.2) is 54.1 Å². The lowest BCUT2D eigenvalue weighted by Crippen LogP contribution is -2.42. The Kier molecular flexibility index (Phi) is 7.12. The van der Waals surface area contributed by atoms with Crippen molar-refractivity contribution in [2.75, 3.05) is 26.2 Å². The van der Waals surface area contributed by atoms with Gasteiger partial charge in [0.25, 0.3) is 0 Å². The second kappa shape index (κ2) is 9.31. The Hall–Kier alpha value is -2.44. The Morgan fingerprint density at radius 1 is 1.15 bits per heavy atom. The standard InChI is InChI=1S/C11H16N2.C9H10O4/c1-2-4-11(5-3-1)10-13-8-6-12-7-9-13;1-9(8(12)13)4-2-3-6(5-9)7(10)11/h1-5,12H,6-10H2;2-4H,5H2,1H3,(H,10,11)(H,12,13)/t;9-/m.1/s1. The first-order valence-corrected chi connectivity index (χ1v) is 8.73. The summed E-state index contributed by atoms with van der Waals surface area (Å²) >= 11 is 0. The van der Waals surface area contributed by atoms with Gasteiger partial charge in [-0.2, -0.15) is 0 Å². The summed E-state index contributed by atoms with van der Waals surface area (Å²) in [5.41, 5.74) is 0.472. The molecular weight excluding hydrogens is 332 g/mol. The van der Waals surface area contributed by atoms with E-state index in [4.69, 9.17) is 10.2 Å². The van der Waals surface area contributed by atoms with Crippen molar-refractivity contribution in [2.24, 2.45) is 5.41 Å². The Morgan fingerprint density at radius 3 is 2.38 bits per heavy atom. The highest BCUT2D eigenvalue weighted by Gasteiger charge is 2.34. The maximum Gasteiger partial charge on any atom is 0.331 e. The third kappa shape index (κ3) is 5.82. The number of nitrogens with one attached hydrogen (secondary N) is 1. The van der Waals surface area contributed by atoms with Gasteiger partial charge in [-0.05, 0) is 18.9 Å². The smallest absolute Gasteiger partial charge is 0.331 e. The average molecular weight is 358 g/mol. The highest BCUT2D eigenvalue weighted by molar-refractivity contribution is 5.90. The molecule has 26 heavy (non-hydrogen) atoms. The van der Waals surface area contributed by atoms with Gasteiger partial charge in [0.1, 0.15) is 0 Å². The van der Waals surface area contributed by atoms with Crippen LogP contribution < -0.4 is 5.32 Å². The zero-order chi connectivity index (χ0) is 19.0. The van der Waals surface area contributed by atoms with Gasteiger partial charge >= 0.3 is 11.9 Å². The molecule has 0 aromatic heterocycles. The van der Waals surface area contributed by atoms with E-state index in [9.17, 15) is 9.59 Å². The van der Waals surface area contributed by atoms with Crippen LogP contribution in [0.4, 0.5) is 0 Å². The SMILES string of the molecule is C[C@@]1(C(=O)O)C=CC=C(C(=O)O)C1.c1ccc(CN2CCNCC2)cc1. The van der Waals surface area contributed by atoms with Gasteiger partial charge in [0.15, 0.2) is 0 Å². The van der Waals surface area contributed by atoms with Gasteiger partial charge in [-0.25, -0.2) is 4.79 Å². The van der Waals surface area contributed by atoms with E-state index in [1.54, 1.807) is 0 Å². The van der Waals surface area contributed by atoms with Crippen LogP contribution in [0.3, 0.4) is 0 Å². The van der Waals surface area contributed by atoms with Crippen LogP contribution in [-0.4, -0.2) is 53.2 Å². The number of benzene rings is 1. The predicted octanol–water partition coefficient (Wildman–Crippen LogP) is 2.14. The molecule has 1 saturated heterocycles. The molecule has 3 N–H and O–H groups in total. The van der Waals surface area contributed by atoms with Crippen LogP contribution in [0.2, 0.25) is 0 Å². The third-order valence-electron chi connectivity index (χ3n) is 4.54. The summed E-state index contributed by atoms with van der Waals surface area (Å²) in [6, 6.07) is 10.7. The fraction of sp³-hybridized carbons (Fsp3) is 0.400. The first kappa shape index (κ1) is 19.9. The van der Waals surface area contributed by atoms with Crippen LogP contribution in [-0.2, 0) is 16.1 Å². The minimum atomic E-state index is -1.08. The fourth-order valence-corrected chi connectivity index (χ4v) is 2.89. The van der Waals surface area contributed by atoms with Gasteiger partial charge in [0.2, 0.25) is 0 Å². The minimum absolute atomic E-state index is 0.0359. The molecule has 1 aromatic rings. The molecule has 0 saturated carbocycles. The number of carboxylic acids is 2. The molecule has 2 aliphatic rings. The second-order valence-corrected chi connectivity index (χ2v) is 6.77. The summed E-state index contributed by atoms with van der Waals surface area (Å²) in [5, 5.41) is 20.8. The number of piperazine rings is 1. The zero-order valence-electron chi connectivity index (χ0n) is 15.0. The normalized spacial score (nSPS) is 22.7. The molecule has 0 unspecified atom stereocenters. The highest BCUT2D eigenvalue weighted by Crippen LogP contribution is 2.31. The number of carbonyl (C=O) groups is 2. The lowest BCUT2D eigenvalue weighted by molar-refractivity contribution is -0.145. The van der Waals surface area contributed by atoms with Crippen molar-refractivity contribution in [3.8, 4) is 0 Å². The first-order valence-electron chi connectivity index (χ1n) is 8.73. The monoisotopic (exact) mass is 358 g/mol. The first-order chi connectivity index (χ1) is 12.4. The van der Waals surface area contributed by atoms with E-state index in [1.165, 1.54) is 43.8 Å². The van der Waals surface area contributed by atoms with Gasteiger partial charge < -0.3 is 15.5 Å². The van der Waals surface area contributed by atoms with Gasteiger partial charge in [-0.3, -0.25) is 9.69 Å². The molecule has 0 spiro atoms. The van der Waals surface area contributed by atoms with Crippen LogP contribution in [0.25, 0.3) is 0 Å². The fourth-order valence-electron chi connectivity index (χ4n) is 2.89. The van der Waals surface area contributed by atoms with E-state index >= 15 is 0 Å². The maximum absolute atomic E-state index is 10.8. The van der Waals surface area contributed by atoms with Crippen molar-refractivity contribution in [2.45, 2.75) is 19.9 Å². The molecule has 0 amide bonds. The van der Waals surface area contributed by atoms with Crippen molar-refractivity contribution < 1.29 is 19.8 Å². The summed E-state index contributed by atoms with van der Waals surface area (Å²) in [5.74, 6) is -2.06. The van der Waals surface area contributed by atoms with Gasteiger partial charge in [0.05, 0.1) is 5.41 Å². The summed E-state index contributed by atoms with van der Waals surface area (Å²) in [4.78, 5) is 23.8. The minimum Gasteiger partial charge on any atom is -0.481 e. The van der Waals surface area contributed by atoms with E-state index in [-0.39, 0.29) is 12.0 Å². The largest absolute Gasteiger partial charge is 0.481 e. The van der Waals surface area contributed by atoms with E-state index < -0.39 is 17.4 Å². The van der Waals surface area contributed by atoms with Crippen LogP contribution in [0, 0.1) is 5.41 Å². The molecule has 0 bridgehead atoms. The van der Waals surface area contributed by atoms with Gasteiger partial charge in [-0.15, -0.1) is 0 Å². The number of rotatable bonds is 4. The molecular formula is C20H26N2O4. The lowest BCUT2D eigenvalue weighted by atomic mass is 9.80. The topological polar surface area (TPSA) is 89.9 Å². The molecule has 6 nitrogen and oxygen atoms in total. The average Bonchev–Trinajstić information content (AvgIpc) is 2.64. The van der Waals surface area contributed by atoms with Crippen molar-refractivity contribution >= 4 is 11.9 Å². The summed E-state index contributed by atoms with van der Waals surface area (Å²) in [6.45, 7) is 7.22. The van der Waals surface area contributed by atoms with Crippen molar-refractivity contribution in [3.05, 3.63) is 59.7 Å². The molecule has 1 aliphatic carbocycles. The van der Waals surface area contributed by atoms with E-state index in [0.29, 0.717) is 0 Å². The highest BCUT2D eigenvalue weighted by atomic mass is 16.4. The Labute approximate surface area is 153 Å². The Morgan fingerprint density at radius 2 is 1.81 bits per heavy atom. The summed E-state index contributed by atoms with van der Waals surface area (Å²) < 4.78 is 0. The number of aliphatic carboxylic acids is 2. The third-order valence-corrected chi connectivity index (χ3v) is 4.54. The van der Waals surface area contributed by atoms with Gasteiger partial charge in [-0.1, -0.05) is 48.6 Å². The van der Waals surface area contributed by atoms with Gasteiger partial charge in [0, 0.05) is 38.3 Å². The molecule has 1 fully saturated rings. The van der Waals surface area contributed by atoms with Crippen LogP contribution in [0.5, 0.6) is 0 Å². The molecule has 0 radical (unpaired) electrons. The molecule has 1 aliphatic heterocycles. The Bertz CT molecular complexity index is 678. The predicted molar refractivity (Wildman–Crippen MR) is 99.8 cm³/mol. The number of nitrogens with zero attached hydrogens (tertiary/aromatic N) is 1. The van der Waals surface area contributed by atoms with Crippen LogP contribution >= 0.6 is 0 Å². The molecule has 1 atom stereocenters. The molecule has 140 valence electrons. The second-order valence-electron chi connectivity index (χ2n) is 6.77. The molecule has 6 heteroatoms. The Balaban J connectivity index is 0.000000187. The van der Waals surface area contributed by atoms with Crippen LogP contribution in [0.1, 0.15) is 18.9 Å². The molecule has 1 aromatic carbocycles. The van der Waals surface area contributed by atoms with E-state index in [2.05, 4.69) is 40.5 Å². The zero-order valence-corrected chi connectivity index (χ0v) is 15.0. The van der Waals surface area contributed by atoms with Crippen molar-refractivity contribution in [1.82, 2.24) is 10.2 Å². The number of hydrogen-bond donors (Lipinski definition) is 3. The number of hydrogen-bond acceptors (Lipinski definition) is 4. The van der Waals surface area contributed by atoms with E-state index in [1.807, 2.05) is 0 Å². The van der Waals surface area contributed by atoms with Crippen molar-refractivity contribution in [3.63, 3.8) is 0 Å². The maximum atomic E-state index is 10.8. The molecule has 1 heterocycles. The quantitative estimate of drug-likeness (QED) is 0.764. The van der Waals surface area contributed by atoms with E-state index in [0.717, 1.165) is 19.6 Å². The number of carboxylic acid groups (broad SMARTS) is 2. The summed E-state index contributed by atoms with van der Waals surface area (Å²) in [6.07, 6.45) is 4.43. The summed E-state index contributed by atoms with van der Waals surface area (Å²) in [7, 11) is 0. The van der Waals surface area contributed by atoms with Crippen molar-refractivity contribution in [1.29, 1.82) is 0 Å². The lowest BCUT2D eigenvalue weighted by Gasteiger charge is -2.27.